The van der Waals surface area contributed by atoms with E-state index in [-0.39, 0.29) is 11.9 Å². The first-order valence-electron chi connectivity index (χ1n) is 9.22. The Balaban J connectivity index is 1.56. The number of benzene rings is 1. The Kier molecular flexibility index (Phi) is 4.38. The van der Waals surface area contributed by atoms with E-state index >= 15 is 0 Å². The van der Waals surface area contributed by atoms with Crippen LogP contribution in [0.25, 0.3) is 0 Å². The predicted molar refractivity (Wildman–Crippen MR) is 98.1 cm³/mol. The molecule has 0 saturated heterocycles. The summed E-state index contributed by atoms with van der Waals surface area (Å²) >= 11 is 0. The highest BCUT2D eigenvalue weighted by atomic mass is 16.1. The summed E-state index contributed by atoms with van der Waals surface area (Å²) in [6.07, 6.45) is 8.29. The first kappa shape index (κ1) is 16.1. The van der Waals surface area contributed by atoms with Crippen LogP contribution in [0.15, 0.2) is 36.7 Å². The molecule has 130 valence electrons. The topological polar surface area (TPSA) is 58.1 Å². The summed E-state index contributed by atoms with van der Waals surface area (Å²) in [6.45, 7) is 2.18. The molecule has 0 radical (unpaired) electrons. The van der Waals surface area contributed by atoms with E-state index in [2.05, 4.69) is 45.3 Å². The van der Waals surface area contributed by atoms with Crippen molar-refractivity contribution in [3.63, 3.8) is 0 Å². The molecule has 2 aliphatic rings. The third kappa shape index (κ3) is 3.23. The van der Waals surface area contributed by atoms with Crippen LogP contribution in [-0.4, -0.2) is 28.0 Å². The second kappa shape index (κ2) is 6.82. The highest BCUT2D eigenvalue weighted by Gasteiger charge is 2.28. The van der Waals surface area contributed by atoms with Crippen LogP contribution in [0.2, 0.25) is 0 Å². The summed E-state index contributed by atoms with van der Waals surface area (Å²) in [5, 5.41) is 3.14. The fourth-order valence-corrected chi connectivity index (χ4v) is 4.02. The van der Waals surface area contributed by atoms with Crippen LogP contribution in [-0.2, 0) is 6.42 Å². The third-order valence-corrected chi connectivity index (χ3v) is 5.28. The minimum Gasteiger partial charge on any atom is -0.348 e. The molecule has 2 aromatic rings. The van der Waals surface area contributed by atoms with E-state index in [4.69, 9.17) is 0 Å². The van der Waals surface area contributed by atoms with Gasteiger partial charge in [0.1, 0.15) is 17.8 Å². The molecule has 0 spiro atoms. The molecule has 2 heterocycles. The summed E-state index contributed by atoms with van der Waals surface area (Å²) < 4.78 is 0. The highest BCUT2D eigenvalue weighted by Crippen LogP contribution is 2.37. The molecule has 0 bridgehead atoms. The smallest absolute Gasteiger partial charge is 0.270 e. The van der Waals surface area contributed by atoms with Crippen LogP contribution in [0.5, 0.6) is 0 Å². The van der Waals surface area contributed by atoms with Gasteiger partial charge in [0.05, 0.1) is 0 Å². The average Bonchev–Trinajstić information content (AvgIpc) is 2.98. The molecule has 1 aromatic heterocycles. The summed E-state index contributed by atoms with van der Waals surface area (Å²) in [6, 6.07) is 10.8. The molecule has 5 nitrogen and oxygen atoms in total. The van der Waals surface area contributed by atoms with Crippen LogP contribution >= 0.6 is 0 Å². The SMILES string of the molecule is CC1Cc2ccccc2N1c1cc(C(=O)NC2CCCCC2)ncn1. The number of rotatable bonds is 3. The molecule has 4 rings (SSSR count). The van der Waals surface area contributed by atoms with Crippen molar-refractivity contribution in [2.45, 2.75) is 57.5 Å². The van der Waals surface area contributed by atoms with Crippen molar-refractivity contribution in [2.75, 3.05) is 4.90 Å². The lowest BCUT2D eigenvalue weighted by Crippen LogP contribution is -2.36. The number of amides is 1. The quantitative estimate of drug-likeness (QED) is 0.930. The molecular weight excluding hydrogens is 312 g/mol. The zero-order valence-corrected chi connectivity index (χ0v) is 14.6. The number of nitrogens with one attached hydrogen (secondary N) is 1. The van der Waals surface area contributed by atoms with Gasteiger partial charge in [-0.3, -0.25) is 4.79 Å². The summed E-state index contributed by atoms with van der Waals surface area (Å²) in [5.74, 6) is 0.705. The van der Waals surface area contributed by atoms with Gasteiger partial charge < -0.3 is 10.2 Å². The molecule has 5 heteroatoms. The predicted octanol–water partition coefficient (Wildman–Crippen LogP) is 3.62. The van der Waals surface area contributed by atoms with E-state index in [0.29, 0.717) is 11.7 Å². The van der Waals surface area contributed by atoms with Gasteiger partial charge in [-0.1, -0.05) is 37.5 Å². The third-order valence-electron chi connectivity index (χ3n) is 5.28. The normalized spacial score (nSPS) is 20.4. The first-order chi connectivity index (χ1) is 12.2. The van der Waals surface area contributed by atoms with Crippen LogP contribution in [0.3, 0.4) is 0 Å². The number of aromatic nitrogens is 2. The van der Waals surface area contributed by atoms with Gasteiger partial charge in [0.25, 0.3) is 5.91 Å². The van der Waals surface area contributed by atoms with Crippen LogP contribution < -0.4 is 10.2 Å². The highest BCUT2D eigenvalue weighted by molar-refractivity contribution is 5.93. The van der Waals surface area contributed by atoms with Gasteiger partial charge in [0, 0.05) is 23.8 Å². The van der Waals surface area contributed by atoms with Gasteiger partial charge in [-0.2, -0.15) is 0 Å². The molecule has 25 heavy (non-hydrogen) atoms. The number of hydrogen-bond donors (Lipinski definition) is 1. The molecule has 1 aliphatic heterocycles. The Morgan fingerprint density at radius 3 is 2.80 bits per heavy atom. The number of carbonyl (C=O) groups excluding carboxylic acids is 1. The van der Waals surface area contributed by atoms with E-state index in [1.165, 1.54) is 36.8 Å². The van der Waals surface area contributed by atoms with Gasteiger partial charge >= 0.3 is 0 Å². The Labute approximate surface area is 148 Å². The van der Waals surface area contributed by atoms with Crippen molar-refractivity contribution in [3.05, 3.63) is 47.9 Å². The molecule has 1 saturated carbocycles. The Morgan fingerprint density at radius 2 is 1.96 bits per heavy atom. The summed E-state index contributed by atoms with van der Waals surface area (Å²) in [5.41, 5.74) is 2.95. The van der Waals surface area contributed by atoms with E-state index in [0.717, 1.165) is 25.1 Å². The van der Waals surface area contributed by atoms with Gasteiger partial charge in [-0.25, -0.2) is 9.97 Å². The van der Waals surface area contributed by atoms with Crippen molar-refractivity contribution in [2.24, 2.45) is 0 Å². The number of carbonyl (C=O) groups is 1. The lowest BCUT2D eigenvalue weighted by molar-refractivity contribution is 0.0922. The zero-order valence-electron chi connectivity index (χ0n) is 14.6. The summed E-state index contributed by atoms with van der Waals surface area (Å²) in [4.78, 5) is 23.4. The van der Waals surface area contributed by atoms with E-state index < -0.39 is 0 Å². The largest absolute Gasteiger partial charge is 0.348 e. The number of nitrogens with zero attached hydrogens (tertiary/aromatic N) is 3. The molecular formula is C20H24N4O. The Bertz CT molecular complexity index is 770. The van der Waals surface area contributed by atoms with Gasteiger partial charge in [-0.05, 0) is 37.8 Å². The van der Waals surface area contributed by atoms with Gasteiger partial charge in [-0.15, -0.1) is 0 Å². The van der Waals surface area contributed by atoms with Crippen molar-refractivity contribution >= 4 is 17.4 Å². The van der Waals surface area contributed by atoms with Crippen LogP contribution in [0, 0.1) is 0 Å². The molecule has 1 atom stereocenters. The molecule has 1 aromatic carbocycles. The maximum Gasteiger partial charge on any atom is 0.270 e. The van der Waals surface area contributed by atoms with Crippen molar-refractivity contribution in [1.29, 1.82) is 0 Å². The standard InChI is InChI=1S/C20H24N4O/c1-14-11-15-7-5-6-10-18(15)24(14)19-12-17(21-13-22-19)20(25)23-16-8-3-2-4-9-16/h5-7,10,12-14,16H,2-4,8-9,11H2,1H3,(H,23,25). The number of anilines is 2. The Morgan fingerprint density at radius 1 is 1.16 bits per heavy atom. The number of hydrogen-bond acceptors (Lipinski definition) is 4. The summed E-state index contributed by atoms with van der Waals surface area (Å²) in [7, 11) is 0. The fraction of sp³-hybridized carbons (Fsp3) is 0.450. The molecule has 1 fully saturated rings. The van der Waals surface area contributed by atoms with Gasteiger partial charge in [0.2, 0.25) is 0 Å². The van der Waals surface area contributed by atoms with Crippen LogP contribution in [0.1, 0.15) is 55.1 Å². The first-order valence-corrected chi connectivity index (χ1v) is 9.22. The van der Waals surface area contributed by atoms with E-state index in [9.17, 15) is 4.79 Å². The van der Waals surface area contributed by atoms with Crippen molar-refractivity contribution in [1.82, 2.24) is 15.3 Å². The minimum absolute atomic E-state index is 0.0873. The zero-order chi connectivity index (χ0) is 17.2. The minimum atomic E-state index is -0.0873. The average molecular weight is 336 g/mol. The van der Waals surface area contributed by atoms with Crippen molar-refractivity contribution in [3.8, 4) is 0 Å². The molecule has 1 amide bonds. The van der Waals surface area contributed by atoms with E-state index in [1.807, 2.05) is 12.1 Å². The number of para-hydroxylation sites is 1. The fourth-order valence-electron chi connectivity index (χ4n) is 4.02. The molecule has 1 aliphatic carbocycles. The van der Waals surface area contributed by atoms with Crippen molar-refractivity contribution < 1.29 is 4.79 Å². The maximum absolute atomic E-state index is 12.6. The second-order valence-corrected chi connectivity index (χ2v) is 7.12. The lowest BCUT2D eigenvalue weighted by Gasteiger charge is -2.25. The number of fused-ring (bicyclic) bond motifs is 1. The van der Waals surface area contributed by atoms with Gasteiger partial charge in [0.15, 0.2) is 0 Å². The Hall–Kier alpha value is -2.43. The monoisotopic (exact) mass is 336 g/mol. The lowest BCUT2D eigenvalue weighted by atomic mass is 9.95. The maximum atomic E-state index is 12.6. The van der Waals surface area contributed by atoms with E-state index in [1.54, 1.807) is 0 Å². The molecule has 1 unspecified atom stereocenters. The van der Waals surface area contributed by atoms with Crippen LogP contribution in [0.4, 0.5) is 11.5 Å². The molecule has 1 N–H and O–H groups in total. The second-order valence-electron chi connectivity index (χ2n) is 7.12.